The number of amides is 2. The Labute approximate surface area is 139 Å². The van der Waals surface area contributed by atoms with Gasteiger partial charge in [0.15, 0.2) is 5.82 Å². The lowest BCUT2D eigenvalue weighted by Crippen LogP contribution is -2.37. The summed E-state index contributed by atoms with van der Waals surface area (Å²) in [6.07, 6.45) is 0. The molecule has 1 aromatic heterocycles. The zero-order valence-corrected chi connectivity index (χ0v) is 13.9. The van der Waals surface area contributed by atoms with Crippen LogP contribution in [0.2, 0.25) is 0 Å². The van der Waals surface area contributed by atoms with Crippen LogP contribution in [0.3, 0.4) is 0 Å². The second kappa shape index (κ2) is 7.49. The zero-order valence-electron chi connectivity index (χ0n) is 13.9. The van der Waals surface area contributed by atoms with E-state index in [0.29, 0.717) is 17.3 Å². The topological polar surface area (TPSA) is 103 Å². The predicted octanol–water partition coefficient (Wildman–Crippen LogP) is 1.82. The highest BCUT2D eigenvalue weighted by Crippen LogP contribution is 2.29. The fourth-order valence-corrected chi connectivity index (χ4v) is 2.11. The first-order chi connectivity index (χ1) is 11.4. The lowest BCUT2D eigenvalue weighted by atomic mass is 10.1. The molecule has 0 radical (unpaired) electrons. The Morgan fingerprint density at radius 3 is 2.50 bits per heavy atom. The van der Waals surface area contributed by atoms with Crippen molar-refractivity contribution in [1.82, 2.24) is 10.5 Å². The predicted molar refractivity (Wildman–Crippen MR) is 86.0 cm³/mol. The molecule has 0 aliphatic heterocycles. The monoisotopic (exact) mass is 333 g/mol. The average molecular weight is 333 g/mol. The van der Waals surface area contributed by atoms with Crippen LogP contribution >= 0.6 is 0 Å². The smallest absolute Gasteiger partial charge is 0.314 e. The molecule has 0 saturated carbocycles. The molecule has 1 unspecified atom stereocenters. The van der Waals surface area contributed by atoms with Gasteiger partial charge < -0.3 is 19.3 Å². The third-order valence-electron chi connectivity index (χ3n) is 3.33. The molecule has 8 heteroatoms. The van der Waals surface area contributed by atoms with Gasteiger partial charge in [0.25, 0.3) is 0 Å². The van der Waals surface area contributed by atoms with Crippen molar-refractivity contribution < 1.29 is 23.6 Å². The number of carbonyl (C=O) groups excluding carboxylic acids is 2. The van der Waals surface area contributed by atoms with E-state index in [1.54, 1.807) is 39.2 Å². The normalized spacial score (nSPS) is 11.5. The molecule has 0 bridgehead atoms. The second-order valence-corrected chi connectivity index (χ2v) is 5.08. The number of carbonyl (C=O) groups is 2. The summed E-state index contributed by atoms with van der Waals surface area (Å²) in [7, 11) is 3.07. The molecule has 128 valence electrons. The van der Waals surface area contributed by atoms with E-state index in [4.69, 9.17) is 14.0 Å². The fourth-order valence-electron chi connectivity index (χ4n) is 2.11. The standard InChI is InChI=1S/C16H19N3O5/c1-9-7-14(19-24-9)18-16(21)15(20)17-10(2)12-6-5-11(22-3)8-13(12)23-4/h5-8,10H,1-4H3,(H,17,20)(H,18,19,21). The van der Waals surface area contributed by atoms with Crippen molar-refractivity contribution in [2.75, 3.05) is 19.5 Å². The van der Waals surface area contributed by atoms with Crippen LogP contribution in [0.4, 0.5) is 5.82 Å². The van der Waals surface area contributed by atoms with E-state index < -0.39 is 17.9 Å². The maximum absolute atomic E-state index is 12.0. The first-order valence-corrected chi connectivity index (χ1v) is 7.21. The number of aromatic nitrogens is 1. The lowest BCUT2D eigenvalue weighted by Gasteiger charge is -2.17. The van der Waals surface area contributed by atoms with Gasteiger partial charge in [0.2, 0.25) is 0 Å². The van der Waals surface area contributed by atoms with Gasteiger partial charge in [0.1, 0.15) is 17.3 Å². The number of hydrogen-bond acceptors (Lipinski definition) is 6. The third kappa shape index (κ3) is 4.03. The van der Waals surface area contributed by atoms with Crippen molar-refractivity contribution >= 4 is 17.6 Å². The van der Waals surface area contributed by atoms with Crippen LogP contribution < -0.4 is 20.1 Å². The zero-order chi connectivity index (χ0) is 17.7. The van der Waals surface area contributed by atoms with Gasteiger partial charge in [-0.25, -0.2) is 0 Å². The van der Waals surface area contributed by atoms with Crippen LogP contribution in [0.15, 0.2) is 28.8 Å². The minimum absolute atomic E-state index is 0.183. The highest BCUT2D eigenvalue weighted by molar-refractivity contribution is 6.39. The Kier molecular flexibility index (Phi) is 5.41. The van der Waals surface area contributed by atoms with Crippen LogP contribution in [0.25, 0.3) is 0 Å². The van der Waals surface area contributed by atoms with E-state index in [1.165, 1.54) is 13.2 Å². The number of benzene rings is 1. The van der Waals surface area contributed by atoms with E-state index in [-0.39, 0.29) is 5.82 Å². The SMILES string of the molecule is COc1ccc(C(C)NC(=O)C(=O)Nc2cc(C)on2)c(OC)c1. The Balaban J connectivity index is 2.04. The minimum atomic E-state index is -0.831. The van der Waals surface area contributed by atoms with Gasteiger partial charge in [-0.3, -0.25) is 14.9 Å². The molecule has 2 aromatic rings. The van der Waals surface area contributed by atoms with Gasteiger partial charge in [-0.2, -0.15) is 0 Å². The van der Waals surface area contributed by atoms with Crippen LogP contribution in [0.1, 0.15) is 24.3 Å². The maximum Gasteiger partial charge on any atom is 0.314 e. The molecular weight excluding hydrogens is 314 g/mol. The molecule has 8 nitrogen and oxygen atoms in total. The van der Waals surface area contributed by atoms with Crippen molar-refractivity contribution in [2.24, 2.45) is 0 Å². The van der Waals surface area contributed by atoms with Crippen LogP contribution in [0.5, 0.6) is 11.5 Å². The molecule has 2 amide bonds. The largest absolute Gasteiger partial charge is 0.497 e. The Bertz CT molecular complexity index is 741. The van der Waals surface area contributed by atoms with Crippen LogP contribution in [-0.4, -0.2) is 31.2 Å². The Morgan fingerprint density at radius 2 is 1.92 bits per heavy atom. The Hall–Kier alpha value is -3.03. The molecule has 0 spiro atoms. The molecule has 0 fully saturated rings. The van der Waals surface area contributed by atoms with Crippen molar-refractivity contribution in [1.29, 1.82) is 0 Å². The minimum Gasteiger partial charge on any atom is -0.497 e. The molecule has 0 aliphatic carbocycles. The molecule has 2 rings (SSSR count). The summed E-state index contributed by atoms with van der Waals surface area (Å²) < 4.78 is 15.2. The van der Waals surface area contributed by atoms with Crippen molar-refractivity contribution in [3.8, 4) is 11.5 Å². The summed E-state index contributed by atoms with van der Waals surface area (Å²) in [5.41, 5.74) is 0.719. The number of rotatable bonds is 5. The molecule has 1 heterocycles. The Morgan fingerprint density at radius 1 is 1.17 bits per heavy atom. The van der Waals surface area contributed by atoms with E-state index in [1.807, 2.05) is 0 Å². The molecular formula is C16H19N3O5. The van der Waals surface area contributed by atoms with Gasteiger partial charge in [-0.05, 0) is 26.0 Å². The van der Waals surface area contributed by atoms with E-state index in [0.717, 1.165) is 5.56 Å². The second-order valence-electron chi connectivity index (χ2n) is 5.08. The van der Waals surface area contributed by atoms with Crippen LogP contribution in [-0.2, 0) is 9.59 Å². The molecule has 1 aromatic carbocycles. The van der Waals surface area contributed by atoms with Crippen LogP contribution in [0, 0.1) is 6.92 Å². The number of nitrogens with zero attached hydrogens (tertiary/aromatic N) is 1. The summed E-state index contributed by atoms with van der Waals surface area (Å²) in [4.78, 5) is 23.9. The van der Waals surface area contributed by atoms with Crippen molar-refractivity contribution in [3.63, 3.8) is 0 Å². The average Bonchev–Trinajstić information content (AvgIpc) is 2.98. The highest BCUT2D eigenvalue weighted by atomic mass is 16.5. The maximum atomic E-state index is 12.0. The fraction of sp³-hybridized carbons (Fsp3) is 0.312. The van der Waals surface area contributed by atoms with Gasteiger partial charge >= 0.3 is 11.8 Å². The number of nitrogens with one attached hydrogen (secondary N) is 2. The summed E-state index contributed by atoms with van der Waals surface area (Å²) in [5.74, 6) is 0.274. The highest BCUT2D eigenvalue weighted by Gasteiger charge is 2.20. The summed E-state index contributed by atoms with van der Waals surface area (Å²) in [6.45, 7) is 3.43. The first-order valence-electron chi connectivity index (χ1n) is 7.21. The van der Waals surface area contributed by atoms with E-state index >= 15 is 0 Å². The number of aryl methyl sites for hydroxylation is 1. The number of anilines is 1. The molecule has 0 saturated heterocycles. The first kappa shape index (κ1) is 17.3. The summed E-state index contributed by atoms with van der Waals surface area (Å²) >= 11 is 0. The van der Waals surface area contributed by atoms with Gasteiger partial charge in [-0.15, -0.1) is 0 Å². The molecule has 2 N–H and O–H groups in total. The van der Waals surface area contributed by atoms with E-state index in [9.17, 15) is 9.59 Å². The van der Waals surface area contributed by atoms with Gasteiger partial charge in [0.05, 0.1) is 20.3 Å². The molecule has 0 aliphatic rings. The third-order valence-corrected chi connectivity index (χ3v) is 3.33. The summed E-state index contributed by atoms with van der Waals surface area (Å²) in [6, 6.07) is 6.29. The van der Waals surface area contributed by atoms with Crippen molar-refractivity contribution in [2.45, 2.75) is 19.9 Å². The molecule has 1 atom stereocenters. The number of ether oxygens (including phenoxy) is 2. The van der Waals surface area contributed by atoms with E-state index in [2.05, 4.69) is 15.8 Å². The van der Waals surface area contributed by atoms with Gasteiger partial charge in [0, 0.05) is 17.7 Å². The van der Waals surface area contributed by atoms with Gasteiger partial charge in [-0.1, -0.05) is 5.16 Å². The number of methoxy groups -OCH3 is 2. The quantitative estimate of drug-likeness (QED) is 0.809. The van der Waals surface area contributed by atoms with Crippen molar-refractivity contribution in [3.05, 3.63) is 35.6 Å². The summed E-state index contributed by atoms with van der Waals surface area (Å²) in [5, 5.41) is 8.57. The lowest BCUT2D eigenvalue weighted by molar-refractivity contribution is -0.136. The molecule has 24 heavy (non-hydrogen) atoms. The number of hydrogen-bond donors (Lipinski definition) is 2.